The Morgan fingerprint density at radius 1 is 1.16 bits per heavy atom. The highest BCUT2D eigenvalue weighted by Crippen LogP contribution is 2.44. The topological polar surface area (TPSA) is 113 Å². The second-order valence-corrected chi connectivity index (χ2v) is 7.29. The van der Waals surface area contributed by atoms with Crippen molar-refractivity contribution in [2.75, 3.05) is 7.11 Å². The Hall–Kier alpha value is -4.31. The summed E-state index contributed by atoms with van der Waals surface area (Å²) in [5, 5.41) is 27.3. The zero-order chi connectivity index (χ0) is 22.7. The molecule has 0 fully saturated rings. The highest BCUT2D eigenvalue weighted by molar-refractivity contribution is 6.00. The number of fused-ring (bicyclic) bond motifs is 1. The molecule has 0 bridgehead atoms. The quantitative estimate of drug-likeness (QED) is 0.591. The highest BCUT2D eigenvalue weighted by atomic mass is 16.5. The fraction of sp³-hybridized carbons (Fsp3) is 0.160. The number of nitriles is 1. The van der Waals surface area contributed by atoms with Gasteiger partial charge < -0.3 is 19.3 Å². The Balaban J connectivity index is 1.63. The lowest BCUT2D eigenvalue weighted by atomic mass is 9.78. The SMILES string of the molecule is COC(=O)C1C(=N)Oc2cc(O)ccc2C1c1ccc(OCc2ccccc2C#N)cc1. The van der Waals surface area contributed by atoms with Gasteiger partial charge in [0.05, 0.1) is 18.7 Å². The fourth-order valence-electron chi connectivity index (χ4n) is 3.81. The van der Waals surface area contributed by atoms with Gasteiger partial charge in [0, 0.05) is 23.1 Å². The van der Waals surface area contributed by atoms with Crippen LogP contribution in [0, 0.1) is 22.7 Å². The fourth-order valence-corrected chi connectivity index (χ4v) is 3.81. The molecule has 1 heterocycles. The van der Waals surface area contributed by atoms with Gasteiger partial charge >= 0.3 is 5.97 Å². The van der Waals surface area contributed by atoms with Gasteiger partial charge in [-0.25, -0.2) is 0 Å². The number of phenolic OH excluding ortho intramolecular Hbond substituents is 1. The maximum atomic E-state index is 12.5. The van der Waals surface area contributed by atoms with Gasteiger partial charge in [-0.2, -0.15) is 5.26 Å². The number of aromatic hydroxyl groups is 1. The summed E-state index contributed by atoms with van der Waals surface area (Å²) in [4.78, 5) is 12.5. The van der Waals surface area contributed by atoms with Crippen molar-refractivity contribution < 1.29 is 24.1 Å². The maximum Gasteiger partial charge on any atom is 0.319 e. The number of phenols is 1. The molecule has 2 unspecified atom stereocenters. The Kier molecular flexibility index (Phi) is 5.77. The van der Waals surface area contributed by atoms with Crippen LogP contribution in [0.2, 0.25) is 0 Å². The van der Waals surface area contributed by atoms with Crippen molar-refractivity contribution in [1.82, 2.24) is 0 Å². The normalized spacial score (nSPS) is 16.9. The van der Waals surface area contributed by atoms with Crippen LogP contribution in [0.4, 0.5) is 0 Å². The van der Waals surface area contributed by atoms with E-state index >= 15 is 0 Å². The minimum absolute atomic E-state index is 0.00761. The van der Waals surface area contributed by atoms with E-state index in [1.54, 1.807) is 30.3 Å². The number of methoxy groups -OCH3 is 1. The molecule has 0 radical (unpaired) electrons. The summed E-state index contributed by atoms with van der Waals surface area (Å²) in [6.07, 6.45) is 0. The van der Waals surface area contributed by atoms with Crippen LogP contribution in [0.5, 0.6) is 17.2 Å². The van der Waals surface area contributed by atoms with Crippen molar-refractivity contribution >= 4 is 11.9 Å². The average molecular weight is 428 g/mol. The van der Waals surface area contributed by atoms with E-state index < -0.39 is 17.8 Å². The second kappa shape index (κ2) is 8.82. The highest BCUT2D eigenvalue weighted by Gasteiger charge is 2.42. The molecule has 0 saturated heterocycles. The molecule has 2 atom stereocenters. The monoisotopic (exact) mass is 428 g/mol. The first kappa shape index (κ1) is 20.9. The van der Waals surface area contributed by atoms with E-state index in [9.17, 15) is 15.2 Å². The summed E-state index contributed by atoms with van der Waals surface area (Å²) in [5.74, 6) is -1.36. The number of hydrogen-bond donors (Lipinski definition) is 2. The van der Waals surface area contributed by atoms with E-state index in [4.69, 9.17) is 19.6 Å². The minimum Gasteiger partial charge on any atom is -0.508 e. The number of rotatable bonds is 5. The Morgan fingerprint density at radius 3 is 2.62 bits per heavy atom. The van der Waals surface area contributed by atoms with Gasteiger partial charge in [-0.3, -0.25) is 10.2 Å². The van der Waals surface area contributed by atoms with Crippen LogP contribution in [0.1, 0.15) is 28.2 Å². The van der Waals surface area contributed by atoms with Crippen LogP contribution in [-0.4, -0.2) is 24.1 Å². The van der Waals surface area contributed by atoms with Gasteiger partial charge in [0.2, 0.25) is 5.90 Å². The third-order valence-corrected chi connectivity index (χ3v) is 5.39. The third-order valence-electron chi connectivity index (χ3n) is 5.39. The predicted octanol–water partition coefficient (Wildman–Crippen LogP) is 4.13. The standard InChI is InChI=1S/C25H20N2O5/c1-30-25(29)23-22(20-11-8-18(28)12-21(20)32-24(23)27)15-6-9-19(10-7-15)31-14-17-5-3-2-4-16(17)13-26/h2-12,22-23,27-28H,14H2,1H3. The van der Waals surface area contributed by atoms with Crippen molar-refractivity contribution in [2.45, 2.75) is 12.5 Å². The van der Waals surface area contributed by atoms with Crippen molar-refractivity contribution in [3.05, 3.63) is 89.0 Å². The molecule has 0 amide bonds. The number of benzene rings is 3. The van der Waals surface area contributed by atoms with Crippen LogP contribution in [0.25, 0.3) is 0 Å². The largest absolute Gasteiger partial charge is 0.508 e. The van der Waals surface area contributed by atoms with Crippen molar-refractivity contribution in [1.29, 1.82) is 10.7 Å². The number of carbonyl (C=O) groups is 1. The first-order valence-electron chi connectivity index (χ1n) is 9.89. The van der Waals surface area contributed by atoms with Crippen LogP contribution in [0.3, 0.4) is 0 Å². The van der Waals surface area contributed by atoms with E-state index in [1.165, 1.54) is 19.2 Å². The van der Waals surface area contributed by atoms with Crippen LogP contribution in [0.15, 0.2) is 66.7 Å². The molecule has 32 heavy (non-hydrogen) atoms. The summed E-state index contributed by atoms with van der Waals surface area (Å²) < 4.78 is 16.3. The molecule has 160 valence electrons. The predicted molar refractivity (Wildman–Crippen MR) is 116 cm³/mol. The molecular formula is C25H20N2O5. The van der Waals surface area contributed by atoms with E-state index in [0.717, 1.165) is 11.1 Å². The van der Waals surface area contributed by atoms with Crippen molar-refractivity contribution in [3.63, 3.8) is 0 Å². The van der Waals surface area contributed by atoms with Crippen LogP contribution < -0.4 is 9.47 Å². The molecule has 0 spiro atoms. The van der Waals surface area contributed by atoms with Gasteiger partial charge in [-0.1, -0.05) is 36.4 Å². The van der Waals surface area contributed by atoms with Gasteiger partial charge in [0.1, 0.15) is 29.8 Å². The molecule has 1 aliphatic rings. The van der Waals surface area contributed by atoms with Crippen molar-refractivity contribution in [2.24, 2.45) is 5.92 Å². The molecule has 0 aromatic heterocycles. The molecule has 7 nitrogen and oxygen atoms in total. The van der Waals surface area contributed by atoms with E-state index in [-0.39, 0.29) is 18.3 Å². The molecule has 0 saturated carbocycles. The number of ether oxygens (including phenoxy) is 3. The first-order valence-corrected chi connectivity index (χ1v) is 9.89. The molecular weight excluding hydrogens is 408 g/mol. The summed E-state index contributed by atoms with van der Waals surface area (Å²) in [6.45, 7) is 0.248. The molecule has 7 heteroatoms. The number of carbonyl (C=O) groups excluding carboxylic acids is 1. The molecule has 3 aromatic carbocycles. The van der Waals surface area contributed by atoms with E-state index in [0.29, 0.717) is 22.6 Å². The lowest BCUT2D eigenvalue weighted by Crippen LogP contribution is -2.38. The van der Waals surface area contributed by atoms with E-state index in [2.05, 4.69) is 6.07 Å². The van der Waals surface area contributed by atoms with Gasteiger partial charge in [-0.15, -0.1) is 0 Å². The summed E-state index contributed by atoms with van der Waals surface area (Å²) in [6, 6.07) is 21.2. The molecule has 0 aliphatic carbocycles. The average Bonchev–Trinajstić information content (AvgIpc) is 2.81. The molecule has 4 rings (SSSR count). The second-order valence-electron chi connectivity index (χ2n) is 7.29. The Morgan fingerprint density at radius 2 is 1.91 bits per heavy atom. The minimum atomic E-state index is -0.952. The molecule has 1 aliphatic heterocycles. The van der Waals surface area contributed by atoms with Crippen molar-refractivity contribution in [3.8, 4) is 23.3 Å². The summed E-state index contributed by atoms with van der Waals surface area (Å²) in [5.41, 5.74) is 2.79. The summed E-state index contributed by atoms with van der Waals surface area (Å²) >= 11 is 0. The lowest BCUT2D eigenvalue weighted by molar-refractivity contribution is -0.143. The molecule has 3 aromatic rings. The Labute approximate surface area is 184 Å². The Bertz CT molecular complexity index is 1210. The smallest absolute Gasteiger partial charge is 0.319 e. The maximum absolute atomic E-state index is 12.5. The van der Waals surface area contributed by atoms with Gasteiger partial charge in [0.25, 0.3) is 0 Å². The third kappa shape index (κ3) is 3.98. The number of nitrogens with zero attached hydrogens (tertiary/aromatic N) is 1. The van der Waals surface area contributed by atoms with Gasteiger partial charge in [-0.05, 0) is 29.8 Å². The zero-order valence-corrected chi connectivity index (χ0v) is 17.2. The van der Waals surface area contributed by atoms with Crippen LogP contribution >= 0.6 is 0 Å². The van der Waals surface area contributed by atoms with Gasteiger partial charge in [0.15, 0.2) is 0 Å². The molecule has 2 N–H and O–H groups in total. The first-order chi connectivity index (χ1) is 15.5. The number of nitrogens with one attached hydrogen (secondary N) is 1. The number of hydrogen-bond acceptors (Lipinski definition) is 7. The lowest BCUT2D eigenvalue weighted by Gasteiger charge is -2.32. The van der Waals surface area contributed by atoms with E-state index in [1.807, 2.05) is 24.3 Å². The van der Waals surface area contributed by atoms with Crippen LogP contribution in [-0.2, 0) is 16.1 Å². The number of esters is 1. The zero-order valence-electron chi connectivity index (χ0n) is 17.2. The summed E-state index contributed by atoms with van der Waals surface area (Å²) in [7, 11) is 1.27.